The molecule has 0 unspecified atom stereocenters. The average molecular weight is 350 g/mol. The first-order valence-corrected chi connectivity index (χ1v) is 7.59. The third kappa shape index (κ3) is 4.69. The maximum atomic E-state index is 11.5. The molecule has 0 fully saturated rings. The summed E-state index contributed by atoms with van der Waals surface area (Å²) in [5, 5.41) is 55.1. The van der Waals surface area contributed by atoms with E-state index in [2.05, 4.69) is 0 Å². The number of rotatable bonds is 3. The Morgan fingerprint density at radius 2 is 1.28 bits per heavy atom. The van der Waals surface area contributed by atoms with E-state index < -0.39 is 0 Å². The number of phenolic OH excluding ortho intramolecular Hbond substituents is 6. The Bertz CT molecular complexity index is 758. The number of hydrogen-bond donors (Lipinski definition) is 6. The van der Waals surface area contributed by atoms with Gasteiger partial charge in [-0.05, 0) is 20.3 Å². The molecule has 0 radical (unpaired) electrons. The van der Waals surface area contributed by atoms with Gasteiger partial charge in [0.2, 0.25) is 0 Å². The van der Waals surface area contributed by atoms with E-state index in [-0.39, 0.29) is 57.8 Å². The van der Waals surface area contributed by atoms with Crippen LogP contribution in [-0.4, -0.2) is 36.4 Å². The lowest BCUT2D eigenvalue weighted by molar-refractivity contribution is 0.0976. The summed E-state index contributed by atoms with van der Waals surface area (Å²) in [4.78, 5) is 11.5. The molecule has 6 N–H and O–H groups in total. The molecule has 7 nitrogen and oxygen atoms in total. The lowest BCUT2D eigenvalue weighted by Crippen LogP contribution is -2.00. The minimum Gasteiger partial charge on any atom is -0.508 e. The minimum absolute atomic E-state index is 0.0995. The molecule has 0 amide bonds. The molecule has 2 rings (SSSR count). The second kappa shape index (κ2) is 8.14. The van der Waals surface area contributed by atoms with Crippen molar-refractivity contribution in [1.82, 2.24) is 0 Å². The van der Waals surface area contributed by atoms with Crippen LogP contribution in [0.1, 0.15) is 41.3 Å². The number of phenols is 6. The van der Waals surface area contributed by atoms with E-state index in [0.717, 1.165) is 6.07 Å². The van der Waals surface area contributed by atoms with Gasteiger partial charge in [0.15, 0.2) is 5.78 Å². The van der Waals surface area contributed by atoms with Crippen molar-refractivity contribution in [1.29, 1.82) is 0 Å². The highest BCUT2D eigenvalue weighted by Crippen LogP contribution is 2.37. The van der Waals surface area contributed by atoms with Crippen molar-refractivity contribution in [2.45, 2.75) is 33.6 Å². The Morgan fingerprint density at radius 3 is 1.76 bits per heavy atom. The van der Waals surface area contributed by atoms with Crippen LogP contribution in [0.15, 0.2) is 18.2 Å². The van der Waals surface area contributed by atoms with E-state index in [9.17, 15) is 20.1 Å². The predicted octanol–water partition coefficient (Wildman–Crippen LogP) is 3.21. The first-order chi connectivity index (χ1) is 11.6. The van der Waals surface area contributed by atoms with Crippen molar-refractivity contribution in [2.75, 3.05) is 0 Å². The molecular formula is C18H22O7. The zero-order valence-electron chi connectivity index (χ0n) is 14.2. The summed E-state index contributed by atoms with van der Waals surface area (Å²) >= 11 is 0. The molecular weight excluding hydrogens is 328 g/mol. The number of ketones is 1. The first-order valence-electron chi connectivity index (χ1n) is 7.59. The number of aromatic hydroxyl groups is 6. The smallest absolute Gasteiger partial charge is 0.170 e. The van der Waals surface area contributed by atoms with Gasteiger partial charge < -0.3 is 30.6 Å². The largest absolute Gasteiger partial charge is 0.508 e. The quantitative estimate of drug-likeness (QED) is 0.467. The van der Waals surface area contributed by atoms with Crippen molar-refractivity contribution in [3.05, 3.63) is 34.9 Å². The highest BCUT2D eigenvalue weighted by Gasteiger charge is 2.19. The van der Waals surface area contributed by atoms with Crippen LogP contribution in [0.25, 0.3) is 0 Å². The number of hydrogen-bond acceptors (Lipinski definition) is 7. The predicted molar refractivity (Wildman–Crippen MR) is 91.6 cm³/mol. The average Bonchev–Trinajstić information content (AvgIpc) is 2.51. The van der Waals surface area contributed by atoms with Crippen LogP contribution < -0.4 is 0 Å². The van der Waals surface area contributed by atoms with Gasteiger partial charge in [0.05, 0.1) is 0 Å². The molecule has 0 aliphatic rings. The monoisotopic (exact) mass is 350 g/mol. The third-order valence-electron chi connectivity index (χ3n) is 3.60. The Morgan fingerprint density at radius 1 is 0.800 bits per heavy atom. The van der Waals surface area contributed by atoms with E-state index in [4.69, 9.17) is 15.3 Å². The van der Waals surface area contributed by atoms with Crippen molar-refractivity contribution in [3.63, 3.8) is 0 Å². The van der Waals surface area contributed by atoms with Crippen LogP contribution in [0, 0.1) is 13.8 Å². The lowest BCUT2D eigenvalue weighted by atomic mass is 10.0. The Balaban J connectivity index is 0.000000271. The van der Waals surface area contributed by atoms with Gasteiger partial charge in [0.25, 0.3) is 0 Å². The maximum Gasteiger partial charge on any atom is 0.170 e. The van der Waals surface area contributed by atoms with Crippen molar-refractivity contribution in [2.24, 2.45) is 0 Å². The molecule has 0 saturated carbocycles. The van der Waals surface area contributed by atoms with Crippen molar-refractivity contribution >= 4 is 5.78 Å². The molecule has 0 bridgehead atoms. The molecule has 0 aliphatic carbocycles. The van der Waals surface area contributed by atoms with Crippen LogP contribution in [0.3, 0.4) is 0 Å². The molecule has 7 heteroatoms. The highest BCUT2D eigenvalue weighted by atomic mass is 16.3. The zero-order chi connectivity index (χ0) is 19.3. The van der Waals surface area contributed by atoms with Crippen molar-refractivity contribution < 1.29 is 35.4 Å². The van der Waals surface area contributed by atoms with E-state index in [1.54, 1.807) is 6.92 Å². The summed E-state index contributed by atoms with van der Waals surface area (Å²) in [6.07, 6.45) is 0.892. The molecule has 2 aromatic rings. The number of carbonyl (C=O) groups is 1. The molecule has 0 aliphatic heterocycles. The van der Waals surface area contributed by atoms with Crippen LogP contribution >= 0.6 is 0 Å². The summed E-state index contributed by atoms with van der Waals surface area (Å²) in [6.45, 7) is 4.87. The van der Waals surface area contributed by atoms with Gasteiger partial charge in [-0.3, -0.25) is 4.79 Å². The van der Waals surface area contributed by atoms with Crippen molar-refractivity contribution in [3.8, 4) is 34.5 Å². The molecule has 0 spiro atoms. The van der Waals surface area contributed by atoms with Crippen LogP contribution in [-0.2, 0) is 0 Å². The van der Waals surface area contributed by atoms with E-state index in [1.807, 2.05) is 6.92 Å². The molecule has 136 valence electrons. The van der Waals surface area contributed by atoms with Gasteiger partial charge in [-0.25, -0.2) is 0 Å². The molecule has 0 atom stereocenters. The first kappa shape index (κ1) is 20.0. The van der Waals surface area contributed by atoms with Gasteiger partial charge in [-0.2, -0.15) is 0 Å². The molecule has 0 saturated heterocycles. The highest BCUT2D eigenvalue weighted by molar-refractivity contribution is 6.01. The van der Waals surface area contributed by atoms with Crippen LogP contribution in [0.4, 0.5) is 0 Å². The summed E-state index contributed by atoms with van der Waals surface area (Å²) in [5.41, 5.74) is 0.470. The fourth-order valence-corrected chi connectivity index (χ4v) is 2.04. The van der Waals surface area contributed by atoms with Gasteiger partial charge >= 0.3 is 0 Å². The number of Topliss-reactive ketones (excluding diaryl/α,β-unsaturated/α-hetero) is 1. The summed E-state index contributed by atoms with van der Waals surface area (Å²) < 4.78 is 0. The normalized spacial score (nSPS) is 10.0. The fourth-order valence-electron chi connectivity index (χ4n) is 2.04. The Labute approximate surface area is 145 Å². The second-order valence-corrected chi connectivity index (χ2v) is 5.55. The lowest BCUT2D eigenvalue weighted by Gasteiger charge is -2.09. The van der Waals surface area contributed by atoms with E-state index >= 15 is 0 Å². The maximum absolute atomic E-state index is 11.5. The zero-order valence-corrected chi connectivity index (χ0v) is 14.2. The van der Waals surface area contributed by atoms with Crippen LogP contribution in [0.2, 0.25) is 0 Å². The third-order valence-corrected chi connectivity index (χ3v) is 3.60. The Kier molecular flexibility index (Phi) is 6.50. The fraction of sp³-hybridized carbons (Fsp3) is 0.278. The van der Waals surface area contributed by atoms with Gasteiger partial charge in [-0.1, -0.05) is 6.92 Å². The standard InChI is InChI=1S/C11H14O4.C7H8O3/c1-3-4-7(12)10-9(14)5-8(13)6(2)11(10)15;1-4-6(9)2-5(8)3-7(4)10/h5,13-15H,3-4H2,1-2H3;2-3,8-10H,1H3. The Hall–Kier alpha value is -3.09. The molecule has 2 aromatic carbocycles. The molecule has 0 aromatic heterocycles. The summed E-state index contributed by atoms with van der Waals surface area (Å²) in [5.74, 6) is -1.61. The summed E-state index contributed by atoms with van der Waals surface area (Å²) in [6, 6.07) is 3.42. The number of benzene rings is 2. The summed E-state index contributed by atoms with van der Waals surface area (Å²) in [7, 11) is 0. The molecule has 0 heterocycles. The SMILES string of the molecule is CCCC(=O)c1c(O)cc(O)c(C)c1O.Cc1c(O)cc(O)cc1O. The van der Waals surface area contributed by atoms with Crippen LogP contribution in [0.5, 0.6) is 34.5 Å². The minimum atomic E-state index is -0.381. The van der Waals surface area contributed by atoms with Gasteiger partial charge in [0, 0.05) is 35.7 Å². The van der Waals surface area contributed by atoms with E-state index in [1.165, 1.54) is 19.1 Å². The van der Waals surface area contributed by atoms with E-state index in [0.29, 0.717) is 12.0 Å². The van der Waals surface area contributed by atoms with Gasteiger partial charge in [-0.15, -0.1) is 0 Å². The molecule has 25 heavy (non-hydrogen) atoms. The topological polar surface area (TPSA) is 138 Å². The second-order valence-electron chi connectivity index (χ2n) is 5.55. The number of carbonyl (C=O) groups excluding carboxylic acids is 1. The van der Waals surface area contributed by atoms with Gasteiger partial charge in [0.1, 0.15) is 40.1 Å².